The third-order valence-corrected chi connectivity index (χ3v) is 1.97. The molecular weight excluding hydrogens is 178 g/mol. The molecule has 0 amide bonds. The van der Waals surface area contributed by atoms with E-state index in [9.17, 15) is 4.79 Å². The van der Waals surface area contributed by atoms with E-state index in [2.05, 4.69) is 0 Å². The second-order valence-corrected chi connectivity index (χ2v) is 3.20. The van der Waals surface area contributed by atoms with E-state index in [1.54, 1.807) is 12.1 Å². The zero-order chi connectivity index (χ0) is 10.7. The van der Waals surface area contributed by atoms with Crippen molar-refractivity contribution in [2.24, 2.45) is 0 Å². The summed E-state index contributed by atoms with van der Waals surface area (Å²) in [5, 5.41) is 0. The fourth-order valence-corrected chi connectivity index (χ4v) is 1.50. The van der Waals surface area contributed by atoms with Gasteiger partial charge < -0.3 is 10.5 Å². The number of carbonyl (C=O) groups excluding carboxylic acids is 1. The van der Waals surface area contributed by atoms with E-state index in [1.165, 1.54) is 6.92 Å². The monoisotopic (exact) mass is 193 g/mol. The Morgan fingerprint density at radius 1 is 1.50 bits per heavy atom. The van der Waals surface area contributed by atoms with Crippen molar-refractivity contribution in [1.82, 2.24) is 0 Å². The van der Waals surface area contributed by atoms with Crippen LogP contribution < -0.4 is 10.5 Å². The molecule has 0 heterocycles. The van der Waals surface area contributed by atoms with Crippen LogP contribution in [0.4, 0.5) is 5.69 Å². The number of nitrogen functional groups attached to an aromatic ring is 1. The first-order valence-electron chi connectivity index (χ1n) is 4.60. The summed E-state index contributed by atoms with van der Waals surface area (Å²) < 4.78 is 5.36. The fraction of sp³-hybridized carbons (Fsp3) is 0.364. The number of aryl methyl sites for hydroxylation is 1. The fourth-order valence-electron chi connectivity index (χ4n) is 1.50. The predicted octanol–water partition coefficient (Wildman–Crippen LogP) is 2.18. The summed E-state index contributed by atoms with van der Waals surface area (Å²) in [6.45, 7) is 5.79. The maximum Gasteiger partial charge on any atom is 0.163 e. The van der Waals surface area contributed by atoms with Crippen molar-refractivity contribution in [3.63, 3.8) is 0 Å². The number of nitrogens with two attached hydrogens (primary N) is 1. The molecular formula is C11H15NO2. The first kappa shape index (κ1) is 10.6. The van der Waals surface area contributed by atoms with Crippen molar-refractivity contribution < 1.29 is 9.53 Å². The molecule has 0 saturated carbocycles. The van der Waals surface area contributed by atoms with Crippen molar-refractivity contribution in [2.75, 3.05) is 12.3 Å². The normalized spacial score (nSPS) is 9.93. The second kappa shape index (κ2) is 4.13. The van der Waals surface area contributed by atoms with Crippen LogP contribution in [-0.2, 0) is 0 Å². The molecule has 76 valence electrons. The Kier molecular flexibility index (Phi) is 3.12. The highest BCUT2D eigenvalue weighted by atomic mass is 16.5. The average molecular weight is 193 g/mol. The van der Waals surface area contributed by atoms with Crippen LogP contribution in [0.1, 0.15) is 29.8 Å². The first-order valence-corrected chi connectivity index (χ1v) is 4.60. The Labute approximate surface area is 83.9 Å². The summed E-state index contributed by atoms with van der Waals surface area (Å²) in [6.07, 6.45) is 0. The third-order valence-electron chi connectivity index (χ3n) is 1.97. The molecule has 0 aromatic heterocycles. The van der Waals surface area contributed by atoms with Crippen molar-refractivity contribution in [3.8, 4) is 5.75 Å². The number of ether oxygens (including phenoxy) is 1. The first-order chi connectivity index (χ1) is 6.56. The molecule has 0 saturated heterocycles. The van der Waals surface area contributed by atoms with E-state index >= 15 is 0 Å². The molecule has 0 aliphatic carbocycles. The van der Waals surface area contributed by atoms with Crippen molar-refractivity contribution >= 4 is 11.5 Å². The average Bonchev–Trinajstić information content (AvgIpc) is 2.01. The number of Topliss-reactive ketones (excluding diaryl/α,β-unsaturated/α-hetero) is 1. The minimum Gasteiger partial charge on any atom is -0.493 e. The maximum atomic E-state index is 11.4. The highest BCUT2D eigenvalue weighted by molar-refractivity contribution is 5.98. The zero-order valence-corrected chi connectivity index (χ0v) is 8.76. The lowest BCUT2D eigenvalue weighted by Gasteiger charge is -2.11. The van der Waals surface area contributed by atoms with Crippen LogP contribution in [0.25, 0.3) is 0 Å². The number of rotatable bonds is 3. The molecule has 0 aliphatic rings. The minimum atomic E-state index is 0.00551. The Morgan fingerprint density at radius 2 is 2.14 bits per heavy atom. The Balaban J connectivity index is 3.28. The van der Waals surface area contributed by atoms with Gasteiger partial charge in [-0.1, -0.05) is 0 Å². The Bertz CT molecular complexity index is 359. The molecule has 3 nitrogen and oxygen atoms in total. The number of ketones is 1. The van der Waals surface area contributed by atoms with Gasteiger partial charge in [-0.25, -0.2) is 0 Å². The molecule has 0 bridgehead atoms. The molecule has 0 aliphatic heterocycles. The van der Waals surface area contributed by atoms with Crippen LogP contribution in [0, 0.1) is 6.92 Å². The van der Waals surface area contributed by atoms with Crippen LogP contribution in [0.5, 0.6) is 5.75 Å². The van der Waals surface area contributed by atoms with Gasteiger partial charge in [-0.3, -0.25) is 4.79 Å². The molecule has 1 rings (SSSR count). The predicted molar refractivity (Wildman–Crippen MR) is 56.8 cm³/mol. The van der Waals surface area contributed by atoms with Gasteiger partial charge in [0, 0.05) is 11.8 Å². The summed E-state index contributed by atoms with van der Waals surface area (Å²) >= 11 is 0. The topological polar surface area (TPSA) is 52.3 Å². The van der Waals surface area contributed by atoms with Crippen molar-refractivity contribution in [1.29, 1.82) is 0 Å². The molecule has 0 spiro atoms. The second-order valence-electron chi connectivity index (χ2n) is 3.20. The lowest BCUT2D eigenvalue weighted by atomic mass is 10.0. The summed E-state index contributed by atoms with van der Waals surface area (Å²) in [6, 6.07) is 3.46. The van der Waals surface area contributed by atoms with Crippen LogP contribution >= 0.6 is 0 Å². The van der Waals surface area contributed by atoms with Gasteiger partial charge in [-0.2, -0.15) is 0 Å². The lowest BCUT2D eigenvalue weighted by Crippen LogP contribution is -2.04. The zero-order valence-electron chi connectivity index (χ0n) is 8.76. The van der Waals surface area contributed by atoms with Crippen LogP contribution in [0.3, 0.4) is 0 Å². The van der Waals surface area contributed by atoms with E-state index in [-0.39, 0.29) is 5.78 Å². The van der Waals surface area contributed by atoms with Gasteiger partial charge in [-0.05, 0) is 32.4 Å². The molecule has 2 N–H and O–H groups in total. The van der Waals surface area contributed by atoms with E-state index in [0.717, 1.165) is 5.56 Å². The number of hydrogen-bond donors (Lipinski definition) is 1. The highest BCUT2D eigenvalue weighted by Crippen LogP contribution is 2.26. The molecule has 1 aromatic rings. The van der Waals surface area contributed by atoms with Crippen LogP contribution in [0.2, 0.25) is 0 Å². The van der Waals surface area contributed by atoms with Gasteiger partial charge in [0.25, 0.3) is 0 Å². The van der Waals surface area contributed by atoms with Gasteiger partial charge in [0.1, 0.15) is 5.75 Å². The molecule has 3 heteroatoms. The van der Waals surface area contributed by atoms with E-state index < -0.39 is 0 Å². The minimum absolute atomic E-state index is 0.00551. The standard InChI is InChI=1S/C11H15NO2/c1-4-14-10-6-9(12)5-7(2)11(10)8(3)13/h5-6H,4,12H2,1-3H3. The van der Waals surface area contributed by atoms with Crippen LogP contribution in [0.15, 0.2) is 12.1 Å². The van der Waals surface area contributed by atoms with E-state index in [1.807, 2.05) is 13.8 Å². The van der Waals surface area contributed by atoms with E-state index in [0.29, 0.717) is 23.6 Å². The number of anilines is 1. The van der Waals surface area contributed by atoms with Gasteiger partial charge in [0.05, 0.1) is 12.2 Å². The molecule has 0 fully saturated rings. The molecule has 0 atom stereocenters. The number of benzene rings is 1. The van der Waals surface area contributed by atoms with Crippen molar-refractivity contribution in [3.05, 3.63) is 23.3 Å². The summed E-state index contributed by atoms with van der Waals surface area (Å²) in [5.74, 6) is 0.587. The lowest BCUT2D eigenvalue weighted by molar-refractivity contribution is 0.101. The van der Waals surface area contributed by atoms with Gasteiger partial charge in [0.15, 0.2) is 5.78 Å². The smallest absolute Gasteiger partial charge is 0.163 e. The molecule has 14 heavy (non-hydrogen) atoms. The molecule has 0 unspecified atom stereocenters. The van der Waals surface area contributed by atoms with Gasteiger partial charge in [0.2, 0.25) is 0 Å². The Morgan fingerprint density at radius 3 is 2.64 bits per heavy atom. The third kappa shape index (κ3) is 2.05. The maximum absolute atomic E-state index is 11.4. The van der Waals surface area contributed by atoms with Crippen LogP contribution in [-0.4, -0.2) is 12.4 Å². The summed E-state index contributed by atoms with van der Waals surface area (Å²) in [4.78, 5) is 11.4. The number of carbonyl (C=O) groups is 1. The number of hydrogen-bond acceptors (Lipinski definition) is 3. The molecule has 0 radical (unpaired) electrons. The summed E-state index contributed by atoms with van der Waals surface area (Å²) in [5.41, 5.74) is 7.78. The quantitative estimate of drug-likeness (QED) is 0.591. The summed E-state index contributed by atoms with van der Waals surface area (Å²) in [7, 11) is 0. The van der Waals surface area contributed by atoms with Crippen molar-refractivity contribution in [2.45, 2.75) is 20.8 Å². The Hall–Kier alpha value is -1.51. The largest absolute Gasteiger partial charge is 0.493 e. The van der Waals surface area contributed by atoms with Gasteiger partial charge in [-0.15, -0.1) is 0 Å². The van der Waals surface area contributed by atoms with Gasteiger partial charge >= 0.3 is 0 Å². The highest BCUT2D eigenvalue weighted by Gasteiger charge is 2.12. The molecule has 1 aromatic carbocycles. The SMILES string of the molecule is CCOc1cc(N)cc(C)c1C(C)=O. The van der Waals surface area contributed by atoms with E-state index in [4.69, 9.17) is 10.5 Å².